The lowest BCUT2D eigenvalue weighted by Crippen LogP contribution is -2.50. The van der Waals surface area contributed by atoms with Crippen LogP contribution in [0.15, 0.2) is 48.5 Å². The van der Waals surface area contributed by atoms with Crippen molar-refractivity contribution in [3.05, 3.63) is 70.4 Å². The molecule has 3 aromatic rings. The molecule has 4 rings (SSSR count). The molecule has 0 saturated carbocycles. The average Bonchev–Trinajstić information content (AvgIpc) is 3.21. The minimum absolute atomic E-state index is 0.100. The zero-order chi connectivity index (χ0) is 21.3. The lowest BCUT2D eigenvalue weighted by molar-refractivity contribution is 0.0532. The van der Waals surface area contributed by atoms with E-state index in [-0.39, 0.29) is 11.8 Å². The van der Waals surface area contributed by atoms with Crippen LogP contribution in [-0.2, 0) is 4.74 Å². The smallest absolute Gasteiger partial charge is 0.337 e. The number of rotatable bonds is 3. The molecule has 0 atom stereocenters. The van der Waals surface area contributed by atoms with E-state index >= 15 is 0 Å². The van der Waals surface area contributed by atoms with Crippen molar-refractivity contribution in [1.29, 1.82) is 0 Å². The number of carbonyl (C=O) groups is 3. The minimum Gasteiger partial charge on any atom is -0.465 e. The second kappa shape index (κ2) is 8.20. The molecule has 0 radical (unpaired) electrons. The predicted octanol–water partition coefficient (Wildman–Crippen LogP) is 3.21. The van der Waals surface area contributed by atoms with Crippen LogP contribution in [0.5, 0.6) is 0 Å². The molecule has 0 spiro atoms. The molecule has 154 valence electrons. The number of nitrogens with one attached hydrogen (secondary N) is 1. The molecule has 1 saturated heterocycles. The van der Waals surface area contributed by atoms with E-state index in [1.165, 1.54) is 7.11 Å². The Balaban J connectivity index is 1.39. The van der Waals surface area contributed by atoms with Gasteiger partial charge in [-0.1, -0.05) is 11.6 Å². The highest BCUT2D eigenvalue weighted by Crippen LogP contribution is 2.21. The van der Waals surface area contributed by atoms with Gasteiger partial charge in [0.15, 0.2) is 0 Å². The first-order chi connectivity index (χ1) is 14.5. The molecule has 0 unspecified atom stereocenters. The highest BCUT2D eigenvalue weighted by molar-refractivity contribution is 6.31. The van der Waals surface area contributed by atoms with Gasteiger partial charge in [0.25, 0.3) is 11.8 Å². The molecule has 1 N–H and O–H groups in total. The van der Waals surface area contributed by atoms with E-state index in [0.29, 0.717) is 48.0 Å². The van der Waals surface area contributed by atoms with Crippen LogP contribution in [0.4, 0.5) is 0 Å². The normalized spacial score (nSPS) is 14.1. The molecule has 2 aromatic carbocycles. The number of hydrogen-bond donors (Lipinski definition) is 1. The Hall–Kier alpha value is -3.32. The van der Waals surface area contributed by atoms with E-state index in [4.69, 9.17) is 11.6 Å². The lowest BCUT2D eigenvalue weighted by atomic mass is 10.1. The van der Waals surface area contributed by atoms with Gasteiger partial charge in [0.2, 0.25) is 0 Å². The van der Waals surface area contributed by atoms with Gasteiger partial charge in [-0.3, -0.25) is 9.59 Å². The number of carbonyl (C=O) groups excluding carboxylic acids is 3. The van der Waals surface area contributed by atoms with Gasteiger partial charge in [0, 0.05) is 47.7 Å². The Morgan fingerprint density at radius 1 is 0.867 bits per heavy atom. The summed E-state index contributed by atoms with van der Waals surface area (Å²) in [5.41, 5.74) is 2.25. The van der Waals surface area contributed by atoms with E-state index in [2.05, 4.69) is 9.72 Å². The second-order valence-electron chi connectivity index (χ2n) is 7.07. The number of esters is 1. The van der Waals surface area contributed by atoms with Gasteiger partial charge in [0.05, 0.1) is 12.7 Å². The number of halogens is 1. The quantitative estimate of drug-likeness (QED) is 0.653. The van der Waals surface area contributed by atoms with Crippen molar-refractivity contribution >= 4 is 40.3 Å². The summed E-state index contributed by atoms with van der Waals surface area (Å²) in [4.78, 5) is 43.7. The first-order valence-electron chi connectivity index (χ1n) is 9.51. The summed E-state index contributed by atoms with van der Waals surface area (Å²) in [6, 6.07) is 13.6. The summed E-state index contributed by atoms with van der Waals surface area (Å²) >= 11 is 6.01. The average molecular weight is 426 g/mol. The number of benzene rings is 2. The second-order valence-corrected chi connectivity index (χ2v) is 7.50. The molecule has 8 heteroatoms. The molecule has 1 fully saturated rings. The number of methoxy groups -OCH3 is 1. The number of ether oxygens (including phenoxy) is 1. The van der Waals surface area contributed by atoms with E-state index in [9.17, 15) is 14.4 Å². The van der Waals surface area contributed by atoms with Crippen LogP contribution >= 0.6 is 11.6 Å². The van der Waals surface area contributed by atoms with Crippen molar-refractivity contribution in [2.45, 2.75) is 0 Å². The molecule has 1 aliphatic rings. The third kappa shape index (κ3) is 3.89. The van der Waals surface area contributed by atoms with Crippen molar-refractivity contribution in [1.82, 2.24) is 14.8 Å². The summed E-state index contributed by atoms with van der Waals surface area (Å²) < 4.78 is 4.67. The Bertz CT molecular complexity index is 1120. The predicted molar refractivity (Wildman–Crippen MR) is 113 cm³/mol. The standard InChI is InChI=1S/C22H20ClN3O4/c1-30-22(29)15-4-2-14(3-5-15)20(27)25-8-10-26(11-9-25)21(28)19-13-16-12-17(23)6-7-18(16)24-19/h2-7,12-13,24H,8-11H2,1H3. The maximum absolute atomic E-state index is 12.8. The van der Waals surface area contributed by atoms with Gasteiger partial charge in [-0.05, 0) is 48.5 Å². The monoisotopic (exact) mass is 425 g/mol. The molecule has 0 bridgehead atoms. The molecule has 1 aromatic heterocycles. The fraction of sp³-hybridized carbons (Fsp3) is 0.227. The Morgan fingerprint density at radius 3 is 2.10 bits per heavy atom. The van der Waals surface area contributed by atoms with Crippen LogP contribution in [0.1, 0.15) is 31.2 Å². The first kappa shape index (κ1) is 20.0. The van der Waals surface area contributed by atoms with Crippen LogP contribution in [0, 0.1) is 0 Å². The van der Waals surface area contributed by atoms with E-state index < -0.39 is 5.97 Å². The fourth-order valence-electron chi connectivity index (χ4n) is 3.55. The summed E-state index contributed by atoms with van der Waals surface area (Å²) in [6.07, 6.45) is 0. The first-order valence-corrected chi connectivity index (χ1v) is 9.89. The highest BCUT2D eigenvalue weighted by atomic mass is 35.5. The molecule has 2 heterocycles. The molecular formula is C22H20ClN3O4. The van der Waals surface area contributed by atoms with Gasteiger partial charge >= 0.3 is 5.97 Å². The number of aromatic amines is 1. The van der Waals surface area contributed by atoms with Crippen LogP contribution in [0.2, 0.25) is 5.02 Å². The van der Waals surface area contributed by atoms with Gasteiger partial charge in [-0.25, -0.2) is 4.79 Å². The molecular weight excluding hydrogens is 406 g/mol. The van der Waals surface area contributed by atoms with Crippen molar-refractivity contribution in [3.8, 4) is 0 Å². The van der Waals surface area contributed by atoms with Crippen molar-refractivity contribution in [2.75, 3.05) is 33.3 Å². The fourth-order valence-corrected chi connectivity index (χ4v) is 3.73. The van der Waals surface area contributed by atoms with Crippen LogP contribution in [0.25, 0.3) is 10.9 Å². The molecule has 30 heavy (non-hydrogen) atoms. The lowest BCUT2D eigenvalue weighted by Gasteiger charge is -2.34. The number of fused-ring (bicyclic) bond motifs is 1. The van der Waals surface area contributed by atoms with Crippen LogP contribution < -0.4 is 0 Å². The third-order valence-corrected chi connectivity index (χ3v) is 5.46. The van der Waals surface area contributed by atoms with E-state index in [0.717, 1.165) is 10.9 Å². The van der Waals surface area contributed by atoms with Crippen molar-refractivity contribution in [3.63, 3.8) is 0 Å². The minimum atomic E-state index is -0.444. The number of hydrogen-bond acceptors (Lipinski definition) is 4. The Labute approximate surface area is 178 Å². The van der Waals surface area contributed by atoms with Gasteiger partial charge < -0.3 is 19.5 Å². The summed E-state index contributed by atoms with van der Waals surface area (Å²) in [5, 5.41) is 1.50. The highest BCUT2D eigenvalue weighted by Gasteiger charge is 2.26. The van der Waals surface area contributed by atoms with Crippen molar-refractivity contribution < 1.29 is 19.1 Å². The Morgan fingerprint density at radius 2 is 1.47 bits per heavy atom. The number of nitrogens with zero attached hydrogens (tertiary/aromatic N) is 2. The number of piperazine rings is 1. The number of aromatic nitrogens is 1. The van der Waals surface area contributed by atoms with Gasteiger partial charge in [-0.2, -0.15) is 0 Å². The maximum Gasteiger partial charge on any atom is 0.337 e. The molecule has 2 amide bonds. The topological polar surface area (TPSA) is 82.7 Å². The summed E-state index contributed by atoms with van der Waals surface area (Å²) in [6.45, 7) is 1.77. The molecule has 1 aliphatic heterocycles. The maximum atomic E-state index is 12.8. The third-order valence-electron chi connectivity index (χ3n) is 5.22. The number of amides is 2. The summed E-state index contributed by atoms with van der Waals surface area (Å²) in [7, 11) is 1.31. The zero-order valence-corrected chi connectivity index (χ0v) is 17.1. The Kier molecular flexibility index (Phi) is 5.46. The van der Waals surface area contributed by atoms with E-state index in [1.54, 1.807) is 46.2 Å². The SMILES string of the molecule is COC(=O)c1ccc(C(=O)N2CCN(C(=O)c3cc4cc(Cl)ccc4[nH]3)CC2)cc1. The van der Waals surface area contributed by atoms with Crippen LogP contribution in [0.3, 0.4) is 0 Å². The van der Waals surface area contributed by atoms with E-state index in [1.807, 2.05) is 12.1 Å². The van der Waals surface area contributed by atoms with Crippen molar-refractivity contribution in [2.24, 2.45) is 0 Å². The number of H-pyrrole nitrogens is 1. The zero-order valence-electron chi connectivity index (χ0n) is 16.4. The van der Waals surface area contributed by atoms with Gasteiger partial charge in [0.1, 0.15) is 5.69 Å². The molecule has 0 aliphatic carbocycles. The van der Waals surface area contributed by atoms with Gasteiger partial charge in [-0.15, -0.1) is 0 Å². The largest absolute Gasteiger partial charge is 0.465 e. The van der Waals surface area contributed by atoms with Crippen LogP contribution in [-0.4, -0.2) is 65.9 Å². The summed E-state index contributed by atoms with van der Waals surface area (Å²) in [5.74, 6) is -0.670. The molecule has 7 nitrogen and oxygen atoms in total.